The zero-order valence-corrected chi connectivity index (χ0v) is 20.6. The SMILES string of the molecule is C[C@@H](COc1cc(-c2ccc(Oc3cccc(OCC4CC4)c3)cc2)no1)NC(=O)OC(C)(C)C. The Hall–Kier alpha value is -3.68. The molecular weight excluding hydrogens is 448 g/mol. The van der Waals surface area contributed by atoms with Crippen LogP contribution in [0.3, 0.4) is 0 Å². The molecule has 2 aromatic carbocycles. The van der Waals surface area contributed by atoms with Crippen molar-refractivity contribution < 1.29 is 28.3 Å². The third-order valence-electron chi connectivity index (χ3n) is 5.10. The first-order chi connectivity index (χ1) is 16.7. The molecule has 0 saturated heterocycles. The van der Waals surface area contributed by atoms with Crippen LogP contribution >= 0.6 is 0 Å². The molecular formula is C27H32N2O6. The highest BCUT2D eigenvalue weighted by Gasteiger charge is 2.22. The fourth-order valence-corrected chi connectivity index (χ4v) is 3.18. The zero-order valence-electron chi connectivity index (χ0n) is 20.6. The van der Waals surface area contributed by atoms with Gasteiger partial charge in [0.25, 0.3) is 0 Å². The highest BCUT2D eigenvalue weighted by atomic mass is 16.6. The first kappa shape index (κ1) is 24.4. The summed E-state index contributed by atoms with van der Waals surface area (Å²) in [5.74, 6) is 3.21. The van der Waals surface area contributed by atoms with E-state index in [9.17, 15) is 4.79 Å². The van der Waals surface area contributed by atoms with E-state index >= 15 is 0 Å². The van der Waals surface area contributed by atoms with E-state index in [-0.39, 0.29) is 18.6 Å². The van der Waals surface area contributed by atoms with Gasteiger partial charge in [0.2, 0.25) is 0 Å². The molecule has 0 bridgehead atoms. The normalized spacial score (nSPS) is 14.2. The molecule has 1 aliphatic rings. The van der Waals surface area contributed by atoms with Crippen molar-refractivity contribution >= 4 is 6.09 Å². The zero-order chi connectivity index (χ0) is 24.8. The number of nitrogens with zero attached hydrogens (tertiary/aromatic N) is 1. The van der Waals surface area contributed by atoms with E-state index in [1.54, 1.807) is 6.07 Å². The van der Waals surface area contributed by atoms with Crippen LogP contribution in [0.2, 0.25) is 0 Å². The van der Waals surface area contributed by atoms with E-state index in [1.165, 1.54) is 12.8 Å². The van der Waals surface area contributed by atoms with Gasteiger partial charge in [0.05, 0.1) is 18.7 Å². The predicted molar refractivity (Wildman–Crippen MR) is 131 cm³/mol. The van der Waals surface area contributed by atoms with Gasteiger partial charge in [0.1, 0.15) is 35.2 Å². The van der Waals surface area contributed by atoms with Crippen molar-refractivity contribution in [2.45, 2.75) is 52.2 Å². The molecule has 186 valence electrons. The predicted octanol–water partition coefficient (Wildman–Crippen LogP) is 6.21. The summed E-state index contributed by atoms with van der Waals surface area (Å²) in [6.07, 6.45) is 2.02. The van der Waals surface area contributed by atoms with Gasteiger partial charge in [0, 0.05) is 11.6 Å². The van der Waals surface area contributed by atoms with Crippen LogP contribution in [0.4, 0.5) is 4.79 Å². The summed E-state index contributed by atoms with van der Waals surface area (Å²) in [5.41, 5.74) is 0.936. The maximum atomic E-state index is 11.8. The van der Waals surface area contributed by atoms with Crippen molar-refractivity contribution in [3.8, 4) is 34.5 Å². The van der Waals surface area contributed by atoms with Crippen molar-refractivity contribution in [2.75, 3.05) is 13.2 Å². The Balaban J connectivity index is 1.27. The molecule has 0 aliphatic heterocycles. The van der Waals surface area contributed by atoms with Crippen LogP contribution in [0.1, 0.15) is 40.5 Å². The van der Waals surface area contributed by atoms with Gasteiger partial charge in [-0.05, 0) is 82.9 Å². The summed E-state index contributed by atoms with van der Waals surface area (Å²) in [6.45, 7) is 8.23. The molecule has 1 amide bonds. The van der Waals surface area contributed by atoms with Crippen molar-refractivity contribution in [3.63, 3.8) is 0 Å². The van der Waals surface area contributed by atoms with Crippen molar-refractivity contribution in [3.05, 3.63) is 54.6 Å². The third-order valence-corrected chi connectivity index (χ3v) is 5.10. The summed E-state index contributed by atoms with van der Waals surface area (Å²) in [6, 6.07) is 16.6. The van der Waals surface area contributed by atoms with Gasteiger partial charge in [-0.3, -0.25) is 0 Å². The topological polar surface area (TPSA) is 92.0 Å². The van der Waals surface area contributed by atoms with Crippen LogP contribution in [0, 0.1) is 5.92 Å². The first-order valence-electron chi connectivity index (χ1n) is 11.8. The Morgan fingerprint density at radius 1 is 1.06 bits per heavy atom. The molecule has 8 nitrogen and oxygen atoms in total. The molecule has 0 unspecified atom stereocenters. The number of hydrogen-bond acceptors (Lipinski definition) is 7. The minimum absolute atomic E-state index is 0.212. The molecule has 4 rings (SSSR count). The number of carbonyl (C=O) groups is 1. The summed E-state index contributed by atoms with van der Waals surface area (Å²) in [7, 11) is 0. The molecule has 1 heterocycles. The lowest BCUT2D eigenvalue weighted by atomic mass is 10.1. The highest BCUT2D eigenvalue weighted by molar-refractivity contribution is 5.68. The molecule has 0 radical (unpaired) electrons. The first-order valence-corrected chi connectivity index (χ1v) is 11.8. The number of alkyl carbamates (subject to hydrolysis) is 1. The van der Waals surface area contributed by atoms with E-state index in [0.717, 1.165) is 23.7 Å². The van der Waals surface area contributed by atoms with Crippen molar-refractivity contribution in [1.29, 1.82) is 0 Å². The van der Waals surface area contributed by atoms with Crippen LogP contribution in [-0.4, -0.2) is 36.1 Å². The number of amides is 1. The molecule has 35 heavy (non-hydrogen) atoms. The van der Waals surface area contributed by atoms with E-state index < -0.39 is 11.7 Å². The summed E-state index contributed by atoms with van der Waals surface area (Å²) in [4.78, 5) is 11.8. The van der Waals surface area contributed by atoms with Crippen molar-refractivity contribution in [1.82, 2.24) is 10.5 Å². The highest BCUT2D eigenvalue weighted by Crippen LogP contribution is 2.31. The number of carbonyl (C=O) groups excluding carboxylic acids is 1. The fraction of sp³-hybridized carbons (Fsp3) is 0.407. The lowest BCUT2D eigenvalue weighted by Gasteiger charge is -2.21. The number of ether oxygens (including phenoxy) is 4. The monoisotopic (exact) mass is 480 g/mol. The summed E-state index contributed by atoms with van der Waals surface area (Å²) < 4.78 is 27.9. The van der Waals surface area contributed by atoms with Gasteiger partial charge in [-0.15, -0.1) is 0 Å². The largest absolute Gasteiger partial charge is 0.493 e. The molecule has 1 saturated carbocycles. The van der Waals surface area contributed by atoms with Crippen LogP contribution < -0.4 is 19.5 Å². The number of hydrogen-bond donors (Lipinski definition) is 1. The summed E-state index contributed by atoms with van der Waals surface area (Å²) in [5, 5.41) is 6.79. The maximum Gasteiger partial charge on any atom is 0.407 e. The Kier molecular flexibility index (Phi) is 7.48. The molecule has 1 aromatic heterocycles. The van der Waals surface area contributed by atoms with Gasteiger partial charge < -0.3 is 28.8 Å². The van der Waals surface area contributed by atoms with Crippen LogP contribution in [-0.2, 0) is 4.74 Å². The van der Waals surface area contributed by atoms with E-state index in [1.807, 2.05) is 76.2 Å². The standard InChI is InChI=1S/C27H32N2O6/c1-18(28-26(30)34-27(2,3)4)16-32-25-15-24(29-35-25)20-10-12-21(13-11-20)33-23-7-5-6-22(14-23)31-17-19-8-9-19/h5-7,10-15,18-19H,8-9,16-17H2,1-4H3,(H,28,30)/t18-/m0/s1. The van der Waals surface area contributed by atoms with Gasteiger partial charge in [-0.25, -0.2) is 4.79 Å². The number of rotatable bonds is 10. The Morgan fingerprint density at radius 2 is 1.80 bits per heavy atom. The molecule has 1 atom stereocenters. The second kappa shape index (κ2) is 10.7. The second-order valence-electron chi connectivity index (χ2n) is 9.75. The van der Waals surface area contributed by atoms with Gasteiger partial charge in [0.15, 0.2) is 0 Å². The molecule has 3 aromatic rings. The Labute approximate surface area is 205 Å². The Bertz CT molecular complexity index is 1120. The third kappa shape index (κ3) is 7.95. The number of benzene rings is 2. The lowest BCUT2D eigenvalue weighted by Crippen LogP contribution is -2.40. The number of aromatic nitrogens is 1. The van der Waals surface area contributed by atoms with E-state index in [4.69, 9.17) is 23.5 Å². The molecule has 1 fully saturated rings. The lowest BCUT2D eigenvalue weighted by molar-refractivity contribution is 0.0488. The van der Waals surface area contributed by atoms with Crippen LogP contribution in [0.15, 0.2) is 59.1 Å². The maximum absolute atomic E-state index is 11.8. The van der Waals surface area contributed by atoms with Crippen LogP contribution in [0.5, 0.6) is 23.2 Å². The smallest absolute Gasteiger partial charge is 0.407 e. The van der Waals surface area contributed by atoms with E-state index in [2.05, 4.69) is 10.5 Å². The summed E-state index contributed by atoms with van der Waals surface area (Å²) >= 11 is 0. The quantitative estimate of drug-likeness (QED) is 0.368. The Morgan fingerprint density at radius 3 is 2.51 bits per heavy atom. The minimum Gasteiger partial charge on any atom is -0.493 e. The van der Waals surface area contributed by atoms with Gasteiger partial charge in [-0.2, -0.15) is 0 Å². The molecule has 1 aliphatic carbocycles. The fourth-order valence-electron chi connectivity index (χ4n) is 3.18. The molecule has 8 heteroatoms. The van der Waals surface area contributed by atoms with Crippen molar-refractivity contribution in [2.24, 2.45) is 5.92 Å². The van der Waals surface area contributed by atoms with E-state index in [0.29, 0.717) is 17.4 Å². The van der Waals surface area contributed by atoms with Gasteiger partial charge in [-0.1, -0.05) is 11.2 Å². The second-order valence-corrected chi connectivity index (χ2v) is 9.75. The molecule has 0 spiro atoms. The van der Waals surface area contributed by atoms with Gasteiger partial charge >= 0.3 is 12.0 Å². The number of nitrogens with one attached hydrogen (secondary N) is 1. The minimum atomic E-state index is -0.556. The molecule has 1 N–H and O–H groups in total. The van der Waals surface area contributed by atoms with Crippen LogP contribution in [0.25, 0.3) is 11.3 Å². The average Bonchev–Trinajstić information content (AvgIpc) is 3.51. The average molecular weight is 481 g/mol.